The number of ether oxygens (including phenoxy) is 1. The Hall–Kier alpha value is -2.59. The molecular formula is C17H16N2O2. The molecule has 0 aliphatic heterocycles. The van der Waals surface area contributed by atoms with Crippen LogP contribution >= 0.6 is 0 Å². The summed E-state index contributed by atoms with van der Waals surface area (Å²) >= 11 is 0. The number of hydrogen-bond donors (Lipinski definition) is 1. The van der Waals surface area contributed by atoms with Crippen molar-refractivity contribution >= 4 is 0 Å². The fourth-order valence-electron chi connectivity index (χ4n) is 2.09. The zero-order valence-electron chi connectivity index (χ0n) is 11.5. The van der Waals surface area contributed by atoms with E-state index in [9.17, 15) is 5.11 Å². The van der Waals surface area contributed by atoms with Gasteiger partial charge in [0.05, 0.1) is 12.0 Å². The third kappa shape index (κ3) is 3.30. The first kappa shape index (κ1) is 13.4. The number of benzene rings is 2. The van der Waals surface area contributed by atoms with Gasteiger partial charge in [0.2, 0.25) is 0 Å². The number of imidazole rings is 1. The van der Waals surface area contributed by atoms with Crippen LogP contribution in [0.25, 0.3) is 5.69 Å². The molecule has 0 aliphatic rings. The van der Waals surface area contributed by atoms with Crippen LogP contribution in [0.4, 0.5) is 0 Å². The molecule has 0 fully saturated rings. The highest BCUT2D eigenvalue weighted by atomic mass is 16.5. The Morgan fingerprint density at radius 1 is 1.10 bits per heavy atom. The predicted octanol–water partition coefficient (Wildman–Crippen LogP) is 2.98. The van der Waals surface area contributed by atoms with E-state index in [-0.39, 0.29) is 6.61 Å². The fourth-order valence-corrected chi connectivity index (χ4v) is 2.09. The number of hydrogen-bond acceptors (Lipinski definition) is 3. The van der Waals surface area contributed by atoms with Gasteiger partial charge in [-0.2, -0.15) is 0 Å². The minimum atomic E-state index is -0.636. The van der Waals surface area contributed by atoms with Crippen LogP contribution in [-0.2, 0) is 0 Å². The highest BCUT2D eigenvalue weighted by Crippen LogP contribution is 2.19. The van der Waals surface area contributed by atoms with Gasteiger partial charge in [0, 0.05) is 18.5 Å². The number of rotatable bonds is 5. The quantitative estimate of drug-likeness (QED) is 0.781. The Balaban J connectivity index is 1.67. The zero-order valence-corrected chi connectivity index (χ0v) is 11.5. The van der Waals surface area contributed by atoms with Gasteiger partial charge in [-0.25, -0.2) is 4.98 Å². The molecule has 0 saturated carbocycles. The van der Waals surface area contributed by atoms with Crippen molar-refractivity contribution in [1.82, 2.24) is 9.55 Å². The molecule has 1 atom stereocenters. The summed E-state index contributed by atoms with van der Waals surface area (Å²) in [6.45, 7) is 0.220. The third-order valence-electron chi connectivity index (χ3n) is 3.21. The van der Waals surface area contributed by atoms with Gasteiger partial charge >= 0.3 is 0 Å². The van der Waals surface area contributed by atoms with E-state index in [1.54, 1.807) is 12.5 Å². The maximum absolute atomic E-state index is 10.1. The first-order chi connectivity index (χ1) is 10.3. The topological polar surface area (TPSA) is 47.3 Å². The van der Waals surface area contributed by atoms with Crippen molar-refractivity contribution in [3.05, 3.63) is 78.9 Å². The zero-order chi connectivity index (χ0) is 14.5. The van der Waals surface area contributed by atoms with E-state index in [0.29, 0.717) is 0 Å². The highest BCUT2D eigenvalue weighted by molar-refractivity contribution is 5.39. The van der Waals surface area contributed by atoms with Crippen LogP contribution in [0.2, 0.25) is 0 Å². The molecule has 1 N–H and O–H groups in total. The molecule has 1 aromatic heterocycles. The summed E-state index contributed by atoms with van der Waals surface area (Å²) in [5.41, 5.74) is 1.82. The summed E-state index contributed by atoms with van der Waals surface area (Å²) < 4.78 is 7.58. The average Bonchev–Trinajstić information content (AvgIpc) is 3.08. The number of aromatic nitrogens is 2. The molecule has 4 nitrogen and oxygen atoms in total. The van der Waals surface area contributed by atoms with Gasteiger partial charge in [0.25, 0.3) is 0 Å². The van der Waals surface area contributed by atoms with Gasteiger partial charge in [-0.3, -0.25) is 0 Å². The standard InChI is InChI=1S/C17H16N2O2/c20-17(14-5-2-1-3-6-14)12-21-16-8-4-7-15(11-16)19-10-9-18-13-19/h1-11,13,17,20H,12H2. The van der Waals surface area contributed by atoms with Gasteiger partial charge in [-0.1, -0.05) is 36.4 Å². The third-order valence-corrected chi connectivity index (χ3v) is 3.21. The van der Waals surface area contributed by atoms with Gasteiger partial charge in [-0.15, -0.1) is 0 Å². The molecule has 4 heteroatoms. The summed E-state index contributed by atoms with van der Waals surface area (Å²) in [6.07, 6.45) is 4.70. The lowest BCUT2D eigenvalue weighted by atomic mass is 10.1. The molecule has 106 valence electrons. The molecular weight excluding hydrogens is 264 g/mol. The second kappa shape index (κ2) is 6.24. The summed E-state index contributed by atoms with van der Waals surface area (Å²) in [6, 6.07) is 17.2. The molecule has 0 spiro atoms. The maximum atomic E-state index is 10.1. The molecule has 2 aromatic carbocycles. The Kier molecular flexibility index (Phi) is 3.98. The van der Waals surface area contributed by atoms with Crippen molar-refractivity contribution in [2.75, 3.05) is 6.61 Å². The first-order valence-corrected chi connectivity index (χ1v) is 6.77. The van der Waals surface area contributed by atoms with Crippen LogP contribution in [-0.4, -0.2) is 21.3 Å². The van der Waals surface area contributed by atoms with Crippen molar-refractivity contribution in [2.45, 2.75) is 6.10 Å². The van der Waals surface area contributed by atoms with Crippen LogP contribution in [0.1, 0.15) is 11.7 Å². The molecule has 0 aliphatic carbocycles. The maximum Gasteiger partial charge on any atom is 0.121 e. The molecule has 1 unspecified atom stereocenters. The fraction of sp³-hybridized carbons (Fsp3) is 0.118. The number of aliphatic hydroxyl groups excluding tert-OH is 1. The van der Waals surface area contributed by atoms with Crippen LogP contribution < -0.4 is 4.74 Å². The van der Waals surface area contributed by atoms with E-state index in [2.05, 4.69) is 4.98 Å². The molecule has 3 aromatic rings. The number of nitrogens with zero attached hydrogens (tertiary/aromatic N) is 2. The predicted molar refractivity (Wildman–Crippen MR) is 80.5 cm³/mol. The van der Waals surface area contributed by atoms with Gasteiger partial charge in [0.1, 0.15) is 18.5 Å². The SMILES string of the molecule is OC(COc1cccc(-n2ccnc2)c1)c1ccccc1. The molecule has 1 heterocycles. The summed E-state index contributed by atoms with van der Waals surface area (Å²) in [7, 11) is 0. The highest BCUT2D eigenvalue weighted by Gasteiger charge is 2.08. The van der Waals surface area contributed by atoms with Crippen molar-refractivity contribution < 1.29 is 9.84 Å². The lowest BCUT2D eigenvalue weighted by Crippen LogP contribution is -2.09. The van der Waals surface area contributed by atoms with E-state index in [1.165, 1.54) is 0 Å². The summed E-state index contributed by atoms with van der Waals surface area (Å²) in [4.78, 5) is 4.02. The van der Waals surface area contributed by atoms with Crippen molar-refractivity contribution in [2.24, 2.45) is 0 Å². The lowest BCUT2D eigenvalue weighted by Gasteiger charge is -2.13. The summed E-state index contributed by atoms with van der Waals surface area (Å²) in [5.74, 6) is 0.719. The lowest BCUT2D eigenvalue weighted by molar-refractivity contribution is 0.108. The Morgan fingerprint density at radius 3 is 2.71 bits per heavy atom. The minimum Gasteiger partial charge on any atom is -0.490 e. The molecule has 0 saturated heterocycles. The Morgan fingerprint density at radius 2 is 1.95 bits per heavy atom. The first-order valence-electron chi connectivity index (χ1n) is 6.77. The van der Waals surface area contributed by atoms with E-state index < -0.39 is 6.10 Å². The Labute approximate surface area is 123 Å². The smallest absolute Gasteiger partial charge is 0.121 e. The monoisotopic (exact) mass is 280 g/mol. The average molecular weight is 280 g/mol. The van der Waals surface area contributed by atoms with Crippen LogP contribution in [0, 0.1) is 0 Å². The second-order valence-corrected chi connectivity index (χ2v) is 4.70. The number of aliphatic hydroxyl groups is 1. The molecule has 0 bridgehead atoms. The van der Waals surface area contributed by atoms with Gasteiger partial charge in [-0.05, 0) is 17.7 Å². The van der Waals surface area contributed by atoms with Gasteiger partial charge in [0.15, 0.2) is 0 Å². The Bertz CT molecular complexity index is 681. The van der Waals surface area contributed by atoms with Crippen molar-refractivity contribution in [3.8, 4) is 11.4 Å². The molecule has 0 radical (unpaired) electrons. The van der Waals surface area contributed by atoms with Crippen LogP contribution in [0.3, 0.4) is 0 Å². The van der Waals surface area contributed by atoms with E-state index >= 15 is 0 Å². The minimum absolute atomic E-state index is 0.220. The van der Waals surface area contributed by atoms with Crippen LogP contribution in [0.5, 0.6) is 5.75 Å². The van der Waals surface area contributed by atoms with Crippen molar-refractivity contribution in [3.63, 3.8) is 0 Å². The normalized spacial score (nSPS) is 12.0. The van der Waals surface area contributed by atoms with E-state index in [0.717, 1.165) is 17.0 Å². The van der Waals surface area contributed by atoms with E-state index in [1.807, 2.05) is 65.4 Å². The van der Waals surface area contributed by atoms with Gasteiger partial charge < -0.3 is 14.4 Å². The molecule has 0 amide bonds. The second-order valence-electron chi connectivity index (χ2n) is 4.70. The largest absolute Gasteiger partial charge is 0.490 e. The summed E-state index contributed by atoms with van der Waals surface area (Å²) in [5, 5.41) is 10.1. The molecule has 21 heavy (non-hydrogen) atoms. The van der Waals surface area contributed by atoms with Crippen LogP contribution in [0.15, 0.2) is 73.3 Å². The molecule has 3 rings (SSSR count). The van der Waals surface area contributed by atoms with Crippen molar-refractivity contribution in [1.29, 1.82) is 0 Å². The van der Waals surface area contributed by atoms with E-state index in [4.69, 9.17) is 4.74 Å².